The molecule has 25 heavy (non-hydrogen) atoms. The fourth-order valence-electron chi connectivity index (χ4n) is 2.52. The van der Waals surface area contributed by atoms with Crippen molar-refractivity contribution in [1.29, 1.82) is 0 Å². The van der Waals surface area contributed by atoms with Crippen LogP contribution in [0.25, 0.3) is 0 Å². The number of anilines is 1. The minimum atomic E-state index is -3.78. The van der Waals surface area contributed by atoms with Crippen LogP contribution in [0, 0.1) is 0 Å². The first kappa shape index (κ1) is 19.8. The van der Waals surface area contributed by atoms with Crippen molar-refractivity contribution in [2.45, 2.75) is 25.7 Å². The highest BCUT2D eigenvalue weighted by molar-refractivity contribution is 7.92. The highest BCUT2D eigenvalue weighted by Gasteiger charge is 2.29. The Bertz CT molecular complexity index is 828. The van der Waals surface area contributed by atoms with Gasteiger partial charge in [0.15, 0.2) is 0 Å². The molecule has 1 aromatic carbocycles. The molecular formula is C17H21ClN2O3S2. The van der Waals surface area contributed by atoms with E-state index in [1.165, 1.54) is 39.9 Å². The van der Waals surface area contributed by atoms with Gasteiger partial charge in [-0.05, 0) is 56.5 Å². The van der Waals surface area contributed by atoms with Crippen LogP contribution in [-0.4, -0.2) is 38.9 Å². The van der Waals surface area contributed by atoms with Crippen LogP contribution in [0.2, 0.25) is 5.02 Å². The van der Waals surface area contributed by atoms with Gasteiger partial charge in [-0.3, -0.25) is 9.10 Å². The zero-order chi connectivity index (χ0) is 18.6. The van der Waals surface area contributed by atoms with Gasteiger partial charge in [-0.1, -0.05) is 11.6 Å². The molecule has 1 amide bonds. The summed E-state index contributed by atoms with van der Waals surface area (Å²) in [6.07, 6.45) is 0. The number of sulfonamides is 1. The predicted molar refractivity (Wildman–Crippen MR) is 103 cm³/mol. The number of nitrogens with zero attached hydrogens (tertiary/aromatic N) is 2. The van der Waals surface area contributed by atoms with Crippen LogP contribution in [0.4, 0.5) is 5.69 Å². The Morgan fingerprint density at radius 2 is 1.64 bits per heavy atom. The Hall–Kier alpha value is -1.57. The predicted octanol–water partition coefficient (Wildman–Crippen LogP) is 4.10. The Kier molecular flexibility index (Phi) is 6.48. The molecule has 0 N–H and O–H groups in total. The van der Waals surface area contributed by atoms with Crippen molar-refractivity contribution in [1.82, 2.24) is 4.90 Å². The van der Waals surface area contributed by atoms with Crippen LogP contribution in [0.1, 0.15) is 30.4 Å². The lowest BCUT2D eigenvalue weighted by Crippen LogP contribution is -2.34. The SMILES string of the molecule is CCN(CC)C(=O)c1sccc1N(CC)S(=O)(=O)c1ccc(Cl)cc1. The minimum Gasteiger partial charge on any atom is -0.338 e. The fraction of sp³-hybridized carbons (Fsp3) is 0.353. The van der Waals surface area contributed by atoms with Gasteiger partial charge in [0.05, 0.1) is 10.6 Å². The molecule has 0 bridgehead atoms. The van der Waals surface area contributed by atoms with E-state index >= 15 is 0 Å². The number of amides is 1. The van der Waals surface area contributed by atoms with E-state index in [2.05, 4.69) is 0 Å². The highest BCUT2D eigenvalue weighted by Crippen LogP contribution is 2.32. The Balaban J connectivity index is 2.47. The molecule has 136 valence electrons. The summed E-state index contributed by atoms with van der Waals surface area (Å²) in [5.74, 6) is -0.153. The van der Waals surface area contributed by atoms with Crippen molar-refractivity contribution in [3.8, 4) is 0 Å². The van der Waals surface area contributed by atoms with Gasteiger partial charge in [0, 0.05) is 24.7 Å². The van der Waals surface area contributed by atoms with E-state index in [4.69, 9.17) is 11.6 Å². The van der Waals surface area contributed by atoms with Gasteiger partial charge < -0.3 is 4.90 Å². The third kappa shape index (κ3) is 3.99. The summed E-state index contributed by atoms with van der Waals surface area (Å²) in [6, 6.07) is 7.70. The quantitative estimate of drug-likeness (QED) is 0.703. The maximum Gasteiger partial charge on any atom is 0.266 e. The third-order valence-electron chi connectivity index (χ3n) is 3.85. The second kappa shape index (κ2) is 8.21. The first-order chi connectivity index (χ1) is 11.9. The third-order valence-corrected chi connectivity index (χ3v) is 6.89. The summed E-state index contributed by atoms with van der Waals surface area (Å²) >= 11 is 7.11. The van der Waals surface area contributed by atoms with E-state index in [1.807, 2.05) is 13.8 Å². The van der Waals surface area contributed by atoms with Crippen molar-refractivity contribution in [2.75, 3.05) is 23.9 Å². The Labute approximate surface area is 157 Å². The van der Waals surface area contributed by atoms with E-state index in [-0.39, 0.29) is 17.3 Å². The molecule has 2 rings (SSSR count). The molecule has 0 fully saturated rings. The monoisotopic (exact) mass is 400 g/mol. The molecule has 5 nitrogen and oxygen atoms in total. The molecule has 0 unspecified atom stereocenters. The number of rotatable bonds is 7. The van der Waals surface area contributed by atoms with E-state index in [0.717, 1.165) is 0 Å². The van der Waals surface area contributed by atoms with E-state index in [9.17, 15) is 13.2 Å². The van der Waals surface area contributed by atoms with E-state index in [0.29, 0.717) is 28.7 Å². The zero-order valence-corrected chi connectivity index (χ0v) is 16.8. The smallest absolute Gasteiger partial charge is 0.266 e. The zero-order valence-electron chi connectivity index (χ0n) is 14.4. The maximum absolute atomic E-state index is 13.0. The molecule has 0 saturated heterocycles. The van der Waals surface area contributed by atoms with Gasteiger partial charge in [0.1, 0.15) is 4.88 Å². The second-order valence-corrected chi connectivity index (χ2v) is 8.45. The van der Waals surface area contributed by atoms with Crippen LogP contribution in [0.15, 0.2) is 40.6 Å². The normalized spacial score (nSPS) is 11.4. The highest BCUT2D eigenvalue weighted by atomic mass is 35.5. The number of carbonyl (C=O) groups is 1. The average molecular weight is 401 g/mol. The average Bonchev–Trinajstić information content (AvgIpc) is 3.06. The van der Waals surface area contributed by atoms with Crippen LogP contribution in [-0.2, 0) is 10.0 Å². The molecule has 0 aliphatic rings. The second-order valence-electron chi connectivity index (χ2n) is 5.24. The lowest BCUT2D eigenvalue weighted by atomic mass is 10.3. The van der Waals surface area contributed by atoms with Crippen LogP contribution < -0.4 is 4.31 Å². The molecule has 8 heteroatoms. The van der Waals surface area contributed by atoms with Crippen LogP contribution >= 0.6 is 22.9 Å². The number of hydrogen-bond donors (Lipinski definition) is 0. The first-order valence-electron chi connectivity index (χ1n) is 8.01. The van der Waals surface area contributed by atoms with Gasteiger partial charge in [-0.15, -0.1) is 11.3 Å². The fourth-order valence-corrected chi connectivity index (χ4v) is 5.05. The summed E-state index contributed by atoms with van der Waals surface area (Å²) in [5, 5.41) is 2.21. The standard InChI is InChI=1S/C17H21ClN2O3S2/c1-4-19(5-2)17(21)16-15(11-12-24-16)20(6-3)25(22,23)14-9-7-13(18)8-10-14/h7-12H,4-6H2,1-3H3. The summed E-state index contributed by atoms with van der Waals surface area (Å²) in [6.45, 7) is 6.91. The molecule has 1 heterocycles. The number of halogens is 1. The molecule has 0 radical (unpaired) electrons. The van der Waals surface area contributed by atoms with E-state index < -0.39 is 10.0 Å². The molecule has 2 aromatic rings. The van der Waals surface area contributed by atoms with Crippen molar-refractivity contribution >= 4 is 44.6 Å². The van der Waals surface area contributed by atoms with Crippen LogP contribution in [0.3, 0.4) is 0 Å². The van der Waals surface area contributed by atoms with Gasteiger partial charge in [0.2, 0.25) is 0 Å². The number of thiophene rings is 1. The lowest BCUT2D eigenvalue weighted by Gasteiger charge is -2.25. The van der Waals surface area contributed by atoms with Gasteiger partial charge in [-0.2, -0.15) is 0 Å². The van der Waals surface area contributed by atoms with Gasteiger partial charge in [-0.25, -0.2) is 8.42 Å². The summed E-state index contributed by atoms with van der Waals surface area (Å²) in [4.78, 5) is 15.0. The van der Waals surface area contributed by atoms with Crippen molar-refractivity contribution in [2.24, 2.45) is 0 Å². The molecule has 0 aliphatic heterocycles. The first-order valence-corrected chi connectivity index (χ1v) is 10.7. The summed E-state index contributed by atoms with van der Waals surface area (Å²) in [7, 11) is -3.78. The summed E-state index contributed by atoms with van der Waals surface area (Å²) < 4.78 is 27.3. The largest absolute Gasteiger partial charge is 0.338 e. The Morgan fingerprint density at radius 1 is 1.04 bits per heavy atom. The Morgan fingerprint density at radius 3 is 2.16 bits per heavy atom. The number of hydrogen-bond acceptors (Lipinski definition) is 4. The van der Waals surface area contributed by atoms with Gasteiger partial charge in [0.25, 0.3) is 15.9 Å². The van der Waals surface area contributed by atoms with Gasteiger partial charge >= 0.3 is 0 Å². The maximum atomic E-state index is 13.0. The molecule has 0 aliphatic carbocycles. The van der Waals surface area contributed by atoms with Crippen molar-refractivity contribution < 1.29 is 13.2 Å². The minimum absolute atomic E-state index is 0.145. The van der Waals surface area contributed by atoms with E-state index in [1.54, 1.807) is 23.3 Å². The summed E-state index contributed by atoms with van der Waals surface area (Å²) in [5.41, 5.74) is 0.416. The molecule has 0 spiro atoms. The molecule has 1 aromatic heterocycles. The molecule has 0 saturated carbocycles. The molecular weight excluding hydrogens is 380 g/mol. The molecule has 0 atom stereocenters. The lowest BCUT2D eigenvalue weighted by molar-refractivity contribution is 0.0778. The topological polar surface area (TPSA) is 57.7 Å². The van der Waals surface area contributed by atoms with Crippen molar-refractivity contribution in [3.63, 3.8) is 0 Å². The number of carbonyl (C=O) groups excluding carboxylic acids is 1. The number of benzene rings is 1. The van der Waals surface area contributed by atoms with Crippen LogP contribution in [0.5, 0.6) is 0 Å². The van der Waals surface area contributed by atoms with Crippen molar-refractivity contribution in [3.05, 3.63) is 45.6 Å².